The number of hydrogen-bond donors (Lipinski definition) is 1. The van der Waals surface area contributed by atoms with E-state index in [0.717, 1.165) is 23.3 Å². The maximum atomic E-state index is 13.1. The van der Waals surface area contributed by atoms with E-state index < -0.39 is 17.8 Å². The first-order chi connectivity index (χ1) is 15.1. The number of nitrogens with zero attached hydrogens (tertiary/aromatic N) is 2. The third kappa shape index (κ3) is 5.91. The summed E-state index contributed by atoms with van der Waals surface area (Å²) in [5.74, 6) is -0.0365. The number of benzene rings is 2. The monoisotopic (exact) mass is 446 g/mol. The van der Waals surface area contributed by atoms with Crippen LogP contribution in [0.5, 0.6) is 5.75 Å². The summed E-state index contributed by atoms with van der Waals surface area (Å²) in [5.41, 5.74) is 1.68. The van der Waals surface area contributed by atoms with Crippen LogP contribution in [0.3, 0.4) is 0 Å². The van der Waals surface area contributed by atoms with Gasteiger partial charge in [0.25, 0.3) is 5.91 Å². The zero-order valence-corrected chi connectivity index (χ0v) is 17.8. The third-order valence-corrected chi connectivity index (χ3v) is 5.13. The number of aromatic nitrogens is 1. The smallest absolute Gasteiger partial charge is 0.416 e. The van der Waals surface area contributed by atoms with E-state index in [-0.39, 0.29) is 24.8 Å². The van der Waals surface area contributed by atoms with E-state index in [1.54, 1.807) is 34.8 Å². The van der Waals surface area contributed by atoms with E-state index in [9.17, 15) is 23.1 Å². The molecule has 170 valence electrons. The van der Waals surface area contributed by atoms with E-state index >= 15 is 0 Å². The average molecular weight is 446 g/mol. The Morgan fingerprint density at radius 1 is 1.09 bits per heavy atom. The number of rotatable bonds is 8. The molecule has 0 spiro atoms. The number of carbonyl (C=O) groups excluding carboxylic acids is 1. The van der Waals surface area contributed by atoms with Crippen molar-refractivity contribution in [2.75, 3.05) is 13.2 Å². The van der Waals surface area contributed by atoms with Crippen molar-refractivity contribution in [3.63, 3.8) is 0 Å². The summed E-state index contributed by atoms with van der Waals surface area (Å²) in [6.45, 7) is 2.08. The van der Waals surface area contributed by atoms with Gasteiger partial charge in [-0.05, 0) is 54.4 Å². The molecule has 0 radical (unpaired) electrons. The van der Waals surface area contributed by atoms with Gasteiger partial charge in [-0.1, -0.05) is 24.3 Å². The molecule has 3 aromatic rings. The summed E-state index contributed by atoms with van der Waals surface area (Å²) in [6.07, 6.45) is -3.69. The highest BCUT2D eigenvalue weighted by atomic mass is 19.4. The second-order valence-corrected chi connectivity index (χ2v) is 7.60. The summed E-state index contributed by atoms with van der Waals surface area (Å²) in [7, 11) is 1.77. The molecule has 1 aromatic heterocycles. The maximum Gasteiger partial charge on any atom is 0.416 e. The van der Waals surface area contributed by atoms with E-state index in [2.05, 4.69) is 0 Å². The number of alkyl halides is 3. The quantitative estimate of drug-likeness (QED) is 0.557. The first-order valence-electron chi connectivity index (χ1n) is 10.1. The molecule has 2 aromatic carbocycles. The van der Waals surface area contributed by atoms with Gasteiger partial charge in [-0.15, -0.1) is 0 Å². The van der Waals surface area contributed by atoms with Crippen molar-refractivity contribution in [3.05, 3.63) is 89.2 Å². The number of aryl methyl sites for hydroxylation is 2. The van der Waals surface area contributed by atoms with Crippen LogP contribution in [0.4, 0.5) is 13.2 Å². The Bertz CT molecular complexity index is 1050. The number of aliphatic hydroxyl groups is 1. The Hall–Kier alpha value is -3.26. The molecule has 5 nitrogen and oxygen atoms in total. The highest BCUT2D eigenvalue weighted by molar-refractivity contribution is 5.92. The molecule has 0 aliphatic rings. The summed E-state index contributed by atoms with van der Waals surface area (Å²) >= 11 is 0. The number of halogens is 3. The summed E-state index contributed by atoms with van der Waals surface area (Å²) in [6, 6.07) is 15.4. The second-order valence-electron chi connectivity index (χ2n) is 7.60. The van der Waals surface area contributed by atoms with Crippen molar-refractivity contribution < 1.29 is 27.8 Å². The number of amides is 1. The van der Waals surface area contributed by atoms with Gasteiger partial charge in [0.05, 0.1) is 12.1 Å². The minimum Gasteiger partial charge on any atom is -0.491 e. The van der Waals surface area contributed by atoms with Crippen LogP contribution in [0.1, 0.15) is 27.2 Å². The van der Waals surface area contributed by atoms with Gasteiger partial charge >= 0.3 is 6.18 Å². The van der Waals surface area contributed by atoms with E-state index in [0.29, 0.717) is 12.2 Å². The van der Waals surface area contributed by atoms with Crippen molar-refractivity contribution in [1.29, 1.82) is 0 Å². The molecular weight excluding hydrogens is 421 g/mol. The number of carbonyl (C=O) groups is 1. The normalized spacial score (nSPS) is 12.4. The SMILES string of the molecule is Cc1ccccc1CN(CC(O)COc1ccc(C(F)(F)F)cc1)C(=O)c1cccn1C. The van der Waals surface area contributed by atoms with Crippen LogP contribution in [-0.4, -0.2) is 39.7 Å². The lowest BCUT2D eigenvalue weighted by molar-refractivity contribution is -0.137. The Kier molecular flexibility index (Phi) is 7.25. The van der Waals surface area contributed by atoms with Gasteiger partial charge in [-0.3, -0.25) is 4.79 Å². The fourth-order valence-electron chi connectivity index (χ4n) is 3.30. The summed E-state index contributed by atoms with van der Waals surface area (Å²) in [5, 5.41) is 10.5. The van der Waals surface area contributed by atoms with Crippen molar-refractivity contribution in [2.45, 2.75) is 25.7 Å². The van der Waals surface area contributed by atoms with E-state index in [1.165, 1.54) is 12.1 Å². The molecule has 1 unspecified atom stereocenters. The predicted molar refractivity (Wildman–Crippen MR) is 114 cm³/mol. The van der Waals surface area contributed by atoms with Crippen molar-refractivity contribution in [2.24, 2.45) is 7.05 Å². The second kappa shape index (κ2) is 9.91. The van der Waals surface area contributed by atoms with Crippen LogP contribution < -0.4 is 4.74 Å². The van der Waals surface area contributed by atoms with Gasteiger partial charge < -0.3 is 19.3 Å². The topological polar surface area (TPSA) is 54.7 Å². The van der Waals surface area contributed by atoms with Crippen molar-refractivity contribution >= 4 is 5.91 Å². The lowest BCUT2D eigenvalue weighted by Gasteiger charge is -2.26. The zero-order valence-electron chi connectivity index (χ0n) is 17.8. The molecular formula is C24H25F3N2O3. The van der Waals surface area contributed by atoms with Gasteiger partial charge in [-0.2, -0.15) is 13.2 Å². The Morgan fingerprint density at radius 3 is 2.38 bits per heavy atom. The molecule has 3 rings (SSSR count). The maximum absolute atomic E-state index is 13.1. The van der Waals surface area contributed by atoms with Crippen LogP contribution in [0.15, 0.2) is 66.9 Å². The van der Waals surface area contributed by atoms with Crippen LogP contribution in [-0.2, 0) is 19.8 Å². The van der Waals surface area contributed by atoms with Gasteiger partial charge in [0, 0.05) is 19.8 Å². The minimum absolute atomic E-state index is 0.00101. The lowest BCUT2D eigenvalue weighted by Crippen LogP contribution is -2.40. The molecule has 1 amide bonds. The van der Waals surface area contributed by atoms with Gasteiger partial charge in [0.15, 0.2) is 0 Å². The largest absolute Gasteiger partial charge is 0.491 e. The standard InChI is InChI=1S/C24H25F3N2O3/c1-17-6-3-4-7-18(17)14-29(23(31)22-8-5-13-28(22)2)15-20(30)16-32-21-11-9-19(10-12-21)24(25,26)27/h3-13,20,30H,14-16H2,1-2H3. The zero-order chi connectivity index (χ0) is 23.3. The van der Waals surface area contributed by atoms with Crippen molar-refractivity contribution in [1.82, 2.24) is 9.47 Å². The highest BCUT2D eigenvalue weighted by Crippen LogP contribution is 2.30. The first-order valence-corrected chi connectivity index (χ1v) is 10.1. The fourth-order valence-corrected chi connectivity index (χ4v) is 3.30. The Balaban J connectivity index is 1.69. The lowest BCUT2D eigenvalue weighted by atomic mass is 10.1. The molecule has 0 bridgehead atoms. The van der Waals surface area contributed by atoms with Crippen LogP contribution in [0, 0.1) is 6.92 Å². The molecule has 0 aliphatic heterocycles. The third-order valence-electron chi connectivity index (χ3n) is 5.13. The number of hydrogen-bond acceptors (Lipinski definition) is 3. The molecule has 0 saturated carbocycles. The molecule has 1 atom stereocenters. The van der Waals surface area contributed by atoms with Crippen LogP contribution in [0.2, 0.25) is 0 Å². The Labute approximate surface area is 184 Å². The molecule has 1 N–H and O–H groups in total. The molecule has 0 fully saturated rings. The number of aliphatic hydroxyl groups excluding tert-OH is 1. The summed E-state index contributed by atoms with van der Waals surface area (Å²) < 4.78 is 45.2. The molecule has 0 saturated heterocycles. The van der Waals surface area contributed by atoms with Crippen molar-refractivity contribution in [3.8, 4) is 5.75 Å². The molecule has 0 aliphatic carbocycles. The van der Waals surface area contributed by atoms with Gasteiger partial charge in [0.1, 0.15) is 24.2 Å². The molecule has 8 heteroatoms. The number of ether oxygens (including phenoxy) is 1. The van der Waals surface area contributed by atoms with Gasteiger partial charge in [-0.25, -0.2) is 0 Å². The average Bonchev–Trinajstić information content (AvgIpc) is 3.18. The minimum atomic E-state index is -4.43. The summed E-state index contributed by atoms with van der Waals surface area (Å²) in [4.78, 5) is 14.7. The van der Waals surface area contributed by atoms with Gasteiger partial charge in [0.2, 0.25) is 0 Å². The van der Waals surface area contributed by atoms with Crippen LogP contribution >= 0.6 is 0 Å². The van der Waals surface area contributed by atoms with Crippen LogP contribution in [0.25, 0.3) is 0 Å². The molecule has 1 heterocycles. The highest BCUT2D eigenvalue weighted by Gasteiger charge is 2.30. The van der Waals surface area contributed by atoms with E-state index in [1.807, 2.05) is 31.2 Å². The fraction of sp³-hybridized carbons (Fsp3) is 0.292. The Morgan fingerprint density at radius 2 is 1.78 bits per heavy atom. The predicted octanol–water partition coefficient (Wildman–Crippen LogP) is 4.43. The first kappa shape index (κ1) is 23.4. The van der Waals surface area contributed by atoms with E-state index in [4.69, 9.17) is 4.74 Å². The molecule has 32 heavy (non-hydrogen) atoms.